The SMILES string of the molecule is Cc1ccc2[nH]c(=S)n(CC3CCCCN3C)c2c1. The lowest BCUT2D eigenvalue weighted by atomic mass is 10.0. The van der Waals surface area contributed by atoms with Crippen molar-refractivity contribution in [3.63, 3.8) is 0 Å². The normalized spacial score (nSPS) is 21.1. The number of hydrogen-bond acceptors (Lipinski definition) is 2. The van der Waals surface area contributed by atoms with Crippen LogP contribution < -0.4 is 0 Å². The highest BCUT2D eigenvalue weighted by molar-refractivity contribution is 7.71. The van der Waals surface area contributed by atoms with E-state index in [0.29, 0.717) is 6.04 Å². The zero-order valence-corrected chi connectivity index (χ0v) is 12.5. The summed E-state index contributed by atoms with van der Waals surface area (Å²) in [7, 11) is 2.23. The Bertz CT molecular complexity index is 640. The Morgan fingerprint density at radius 2 is 2.21 bits per heavy atom. The van der Waals surface area contributed by atoms with Gasteiger partial charge >= 0.3 is 0 Å². The third kappa shape index (κ3) is 2.47. The van der Waals surface area contributed by atoms with Gasteiger partial charge in [-0.15, -0.1) is 0 Å². The zero-order chi connectivity index (χ0) is 13.4. The largest absolute Gasteiger partial charge is 0.331 e. The summed E-state index contributed by atoms with van der Waals surface area (Å²) in [6.45, 7) is 4.34. The van der Waals surface area contributed by atoms with Crippen LogP contribution in [0.5, 0.6) is 0 Å². The molecule has 0 spiro atoms. The summed E-state index contributed by atoms with van der Waals surface area (Å²) in [5.74, 6) is 0. The maximum Gasteiger partial charge on any atom is 0.178 e. The molecule has 0 bridgehead atoms. The predicted octanol–water partition coefficient (Wildman–Crippen LogP) is 3.49. The molecular formula is C15H21N3S. The first-order chi connectivity index (χ1) is 9.15. The third-order valence-corrected chi connectivity index (χ3v) is 4.57. The van der Waals surface area contributed by atoms with E-state index in [1.54, 1.807) is 0 Å². The lowest BCUT2D eigenvalue weighted by Crippen LogP contribution is -2.39. The lowest BCUT2D eigenvalue weighted by molar-refractivity contribution is 0.168. The molecule has 3 rings (SSSR count). The Morgan fingerprint density at radius 3 is 3.00 bits per heavy atom. The summed E-state index contributed by atoms with van der Waals surface area (Å²) < 4.78 is 3.11. The minimum atomic E-state index is 0.611. The van der Waals surface area contributed by atoms with Gasteiger partial charge in [-0.25, -0.2) is 0 Å². The minimum absolute atomic E-state index is 0.611. The summed E-state index contributed by atoms with van der Waals surface area (Å²) >= 11 is 5.49. The Balaban J connectivity index is 1.97. The quantitative estimate of drug-likeness (QED) is 0.848. The summed E-state index contributed by atoms with van der Waals surface area (Å²) in [6.07, 6.45) is 3.94. The van der Waals surface area contributed by atoms with Crippen LogP contribution in [0.25, 0.3) is 11.0 Å². The van der Waals surface area contributed by atoms with Crippen molar-refractivity contribution < 1.29 is 0 Å². The van der Waals surface area contributed by atoms with Gasteiger partial charge in [0.1, 0.15) is 0 Å². The van der Waals surface area contributed by atoms with E-state index >= 15 is 0 Å². The van der Waals surface area contributed by atoms with Gasteiger partial charge in [0.25, 0.3) is 0 Å². The Hall–Kier alpha value is -1.13. The van der Waals surface area contributed by atoms with Gasteiger partial charge in [0, 0.05) is 12.6 Å². The molecule has 102 valence electrons. The topological polar surface area (TPSA) is 24.0 Å². The molecule has 2 aromatic rings. The number of nitrogens with one attached hydrogen (secondary N) is 1. The van der Waals surface area contributed by atoms with E-state index in [1.807, 2.05) is 0 Å². The molecule has 1 unspecified atom stereocenters. The van der Waals surface area contributed by atoms with Crippen molar-refractivity contribution in [1.29, 1.82) is 0 Å². The van der Waals surface area contributed by atoms with E-state index in [-0.39, 0.29) is 0 Å². The van der Waals surface area contributed by atoms with E-state index < -0.39 is 0 Å². The predicted molar refractivity (Wildman–Crippen MR) is 82.1 cm³/mol. The van der Waals surface area contributed by atoms with Gasteiger partial charge in [-0.05, 0) is 63.3 Å². The van der Waals surface area contributed by atoms with E-state index in [9.17, 15) is 0 Å². The molecule has 1 atom stereocenters. The van der Waals surface area contributed by atoms with Crippen molar-refractivity contribution in [2.45, 2.75) is 38.8 Å². The highest BCUT2D eigenvalue weighted by atomic mass is 32.1. The smallest absolute Gasteiger partial charge is 0.178 e. The summed E-state index contributed by atoms with van der Waals surface area (Å²) in [6, 6.07) is 7.09. The lowest BCUT2D eigenvalue weighted by Gasteiger charge is -2.32. The van der Waals surface area contributed by atoms with Gasteiger partial charge in [-0.3, -0.25) is 0 Å². The van der Waals surface area contributed by atoms with Crippen LogP contribution in [0.15, 0.2) is 18.2 Å². The first-order valence-electron chi connectivity index (χ1n) is 7.04. The number of H-pyrrole nitrogens is 1. The van der Waals surface area contributed by atoms with Gasteiger partial charge in [0.05, 0.1) is 11.0 Å². The van der Waals surface area contributed by atoms with Gasteiger partial charge < -0.3 is 14.5 Å². The Labute approximate surface area is 119 Å². The number of likely N-dealkylation sites (tertiary alicyclic amines) is 1. The molecule has 19 heavy (non-hydrogen) atoms. The molecule has 1 N–H and O–H groups in total. The van der Waals surface area contributed by atoms with Crippen LogP contribution in [-0.4, -0.2) is 34.1 Å². The van der Waals surface area contributed by atoms with Crippen molar-refractivity contribution in [3.05, 3.63) is 28.5 Å². The molecule has 1 aliphatic heterocycles. The van der Waals surface area contributed by atoms with Crippen LogP contribution in [0.4, 0.5) is 0 Å². The molecule has 0 aliphatic carbocycles. The fourth-order valence-corrected chi connectivity index (χ4v) is 3.31. The van der Waals surface area contributed by atoms with Gasteiger partial charge in [0.15, 0.2) is 4.77 Å². The van der Waals surface area contributed by atoms with E-state index in [2.05, 4.69) is 46.6 Å². The van der Waals surface area contributed by atoms with E-state index in [4.69, 9.17) is 12.2 Å². The molecular weight excluding hydrogens is 254 g/mol. The van der Waals surface area contributed by atoms with Crippen LogP contribution in [0.1, 0.15) is 24.8 Å². The molecule has 3 nitrogen and oxygen atoms in total. The standard InChI is InChI=1S/C15H21N3S/c1-11-6-7-13-14(9-11)18(15(19)16-13)10-12-5-3-4-8-17(12)2/h6-7,9,12H,3-5,8,10H2,1-2H3,(H,16,19). The van der Waals surface area contributed by atoms with Crippen LogP contribution in [0.3, 0.4) is 0 Å². The fraction of sp³-hybridized carbons (Fsp3) is 0.533. The number of aryl methyl sites for hydroxylation is 1. The van der Waals surface area contributed by atoms with Gasteiger partial charge in [-0.1, -0.05) is 12.5 Å². The first-order valence-corrected chi connectivity index (χ1v) is 7.45. The summed E-state index contributed by atoms with van der Waals surface area (Å²) in [4.78, 5) is 5.79. The fourth-order valence-electron chi connectivity index (χ4n) is 3.03. The average Bonchev–Trinajstić information content (AvgIpc) is 2.69. The number of imidazole rings is 1. The van der Waals surface area contributed by atoms with Gasteiger partial charge in [0.2, 0.25) is 0 Å². The number of aromatic amines is 1. The molecule has 1 aromatic carbocycles. The highest BCUT2D eigenvalue weighted by Crippen LogP contribution is 2.21. The number of rotatable bonds is 2. The van der Waals surface area contributed by atoms with E-state index in [1.165, 1.54) is 36.9 Å². The molecule has 1 aliphatic rings. The molecule has 1 fully saturated rings. The Morgan fingerprint density at radius 1 is 1.37 bits per heavy atom. The van der Waals surface area contributed by atoms with Crippen LogP contribution in [0, 0.1) is 11.7 Å². The van der Waals surface area contributed by atoms with Gasteiger partial charge in [-0.2, -0.15) is 0 Å². The number of benzene rings is 1. The maximum atomic E-state index is 5.49. The number of hydrogen-bond donors (Lipinski definition) is 1. The molecule has 0 saturated carbocycles. The van der Waals surface area contributed by atoms with Crippen molar-refractivity contribution in [3.8, 4) is 0 Å². The zero-order valence-electron chi connectivity index (χ0n) is 11.6. The summed E-state index contributed by atoms with van der Waals surface area (Å²) in [5.41, 5.74) is 3.67. The van der Waals surface area contributed by atoms with Crippen LogP contribution in [0.2, 0.25) is 0 Å². The maximum absolute atomic E-state index is 5.49. The molecule has 1 aromatic heterocycles. The van der Waals surface area contributed by atoms with E-state index in [0.717, 1.165) is 16.8 Å². The first kappa shape index (κ1) is 12.9. The molecule has 4 heteroatoms. The summed E-state index contributed by atoms with van der Waals surface area (Å²) in [5, 5.41) is 0. The third-order valence-electron chi connectivity index (χ3n) is 4.25. The number of nitrogens with zero attached hydrogens (tertiary/aromatic N) is 2. The Kier molecular flexibility index (Phi) is 3.46. The molecule has 0 radical (unpaired) electrons. The highest BCUT2D eigenvalue weighted by Gasteiger charge is 2.20. The second kappa shape index (κ2) is 5.10. The average molecular weight is 275 g/mol. The number of likely N-dealkylation sites (N-methyl/N-ethyl adjacent to an activating group) is 1. The van der Waals surface area contributed by atoms with Crippen LogP contribution in [-0.2, 0) is 6.54 Å². The van der Waals surface area contributed by atoms with Crippen LogP contribution >= 0.6 is 12.2 Å². The van der Waals surface area contributed by atoms with Crippen molar-refractivity contribution in [1.82, 2.24) is 14.5 Å². The molecule has 1 saturated heterocycles. The molecule has 2 heterocycles. The minimum Gasteiger partial charge on any atom is -0.331 e. The number of aromatic nitrogens is 2. The van der Waals surface area contributed by atoms with Crippen molar-refractivity contribution in [2.75, 3.05) is 13.6 Å². The van der Waals surface area contributed by atoms with Crippen molar-refractivity contribution >= 4 is 23.3 Å². The number of piperidine rings is 1. The molecule has 0 amide bonds. The number of fused-ring (bicyclic) bond motifs is 1. The second-order valence-corrected chi connectivity index (χ2v) is 6.08. The second-order valence-electron chi connectivity index (χ2n) is 5.69. The monoisotopic (exact) mass is 275 g/mol. The van der Waals surface area contributed by atoms with Crippen molar-refractivity contribution in [2.24, 2.45) is 0 Å².